The van der Waals surface area contributed by atoms with Crippen LogP contribution in [0.15, 0.2) is 30.3 Å². The number of para-hydroxylation sites is 1. The molecule has 4 rings (SSSR count). The van der Waals surface area contributed by atoms with Crippen molar-refractivity contribution in [2.75, 3.05) is 46.3 Å². The standard InChI is InChI=1S/C23H32N4O3/c1-24-12-14-26(15-13-24)10-5-11-27(23(29)21-8-9-22(28)30-21)17-19-16-18-6-3-4-7-20(18)25(19)2/h3-4,6-7,16,21H,5,8-15,17H2,1-2H3. The number of likely N-dealkylation sites (N-methyl/N-ethyl adjacent to an activating group) is 1. The van der Waals surface area contributed by atoms with E-state index in [-0.39, 0.29) is 11.9 Å². The number of nitrogens with zero attached hydrogens (tertiary/aromatic N) is 4. The highest BCUT2D eigenvalue weighted by atomic mass is 16.6. The number of piperazine rings is 1. The lowest BCUT2D eigenvalue weighted by Crippen LogP contribution is -2.45. The number of hydrogen-bond donors (Lipinski definition) is 0. The van der Waals surface area contributed by atoms with Crippen molar-refractivity contribution in [3.8, 4) is 0 Å². The first-order valence-electron chi connectivity index (χ1n) is 10.9. The highest BCUT2D eigenvalue weighted by molar-refractivity contribution is 5.87. The Kier molecular flexibility index (Phi) is 6.39. The summed E-state index contributed by atoms with van der Waals surface area (Å²) in [4.78, 5) is 31.4. The van der Waals surface area contributed by atoms with Gasteiger partial charge in [-0.2, -0.15) is 0 Å². The second-order valence-electron chi connectivity index (χ2n) is 8.53. The van der Waals surface area contributed by atoms with Gasteiger partial charge in [0.05, 0.1) is 6.54 Å². The summed E-state index contributed by atoms with van der Waals surface area (Å²) in [6.07, 6.45) is 1.11. The van der Waals surface area contributed by atoms with Crippen molar-refractivity contribution in [1.29, 1.82) is 0 Å². The van der Waals surface area contributed by atoms with Crippen LogP contribution in [0, 0.1) is 0 Å². The van der Waals surface area contributed by atoms with Crippen molar-refractivity contribution >= 4 is 22.8 Å². The summed E-state index contributed by atoms with van der Waals surface area (Å²) < 4.78 is 7.44. The van der Waals surface area contributed by atoms with E-state index in [2.05, 4.69) is 39.6 Å². The zero-order valence-corrected chi connectivity index (χ0v) is 18.0. The molecule has 162 valence electrons. The molecule has 1 atom stereocenters. The summed E-state index contributed by atoms with van der Waals surface area (Å²) in [6.45, 7) is 6.52. The van der Waals surface area contributed by atoms with Crippen LogP contribution in [0.1, 0.15) is 25.0 Å². The van der Waals surface area contributed by atoms with E-state index in [0.717, 1.165) is 50.4 Å². The van der Waals surface area contributed by atoms with Crippen LogP contribution >= 0.6 is 0 Å². The van der Waals surface area contributed by atoms with Crippen molar-refractivity contribution in [2.45, 2.75) is 31.9 Å². The Hall–Kier alpha value is -2.38. The number of hydrogen-bond acceptors (Lipinski definition) is 5. The molecule has 2 fully saturated rings. The Morgan fingerprint density at radius 3 is 2.63 bits per heavy atom. The van der Waals surface area contributed by atoms with Crippen LogP contribution in [-0.4, -0.2) is 83.6 Å². The lowest BCUT2D eigenvalue weighted by molar-refractivity contribution is -0.153. The van der Waals surface area contributed by atoms with Crippen molar-refractivity contribution in [1.82, 2.24) is 19.3 Å². The molecule has 2 aliphatic heterocycles. The van der Waals surface area contributed by atoms with Crippen molar-refractivity contribution in [2.24, 2.45) is 7.05 Å². The van der Waals surface area contributed by atoms with E-state index in [1.807, 2.05) is 24.1 Å². The maximum Gasteiger partial charge on any atom is 0.306 e. The molecule has 2 aliphatic rings. The van der Waals surface area contributed by atoms with Gasteiger partial charge < -0.3 is 24.0 Å². The molecular formula is C23H32N4O3. The lowest BCUT2D eigenvalue weighted by atomic mass is 10.2. The normalized spacial score (nSPS) is 20.6. The van der Waals surface area contributed by atoms with Crippen LogP contribution in [0.3, 0.4) is 0 Å². The molecule has 2 saturated heterocycles. The van der Waals surface area contributed by atoms with Crippen LogP contribution in [0.2, 0.25) is 0 Å². The molecule has 0 N–H and O–H groups in total. The Labute approximate surface area is 178 Å². The quantitative estimate of drug-likeness (QED) is 0.650. The summed E-state index contributed by atoms with van der Waals surface area (Å²) in [5, 5.41) is 1.17. The monoisotopic (exact) mass is 412 g/mol. The van der Waals surface area contributed by atoms with Crippen molar-refractivity contribution in [3.05, 3.63) is 36.0 Å². The summed E-state index contributed by atoms with van der Waals surface area (Å²) in [7, 11) is 4.20. The molecule has 0 radical (unpaired) electrons. The van der Waals surface area contributed by atoms with Gasteiger partial charge in [-0.1, -0.05) is 18.2 Å². The Morgan fingerprint density at radius 1 is 1.17 bits per heavy atom. The molecule has 1 aromatic heterocycles. The average Bonchev–Trinajstić information content (AvgIpc) is 3.32. The molecule has 2 aromatic rings. The number of aromatic nitrogens is 1. The van der Waals surface area contributed by atoms with Gasteiger partial charge in [0, 0.05) is 63.8 Å². The highest BCUT2D eigenvalue weighted by Crippen LogP contribution is 2.22. The second-order valence-corrected chi connectivity index (χ2v) is 8.53. The number of amides is 1. The van der Waals surface area contributed by atoms with Gasteiger partial charge in [0.2, 0.25) is 0 Å². The Balaban J connectivity index is 1.44. The first kappa shape index (κ1) is 20.9. The number of cyclic esters (lactones) is 1. The third-order valence-corrected chi connectivity index (χ3v) is 6.37. The average molecular weight is 413 g/mol. The van der Waals surface area contributed by atoms with E-state index in [9.17, 15) is 9.59 Å². The van der Waals surface area contributed by atoms with Crippen LogP contribution in [0.4, 0.5) is 0 Å². The van der Waals surface area contributed by atoms with Gasteiger partial charge in [-0.25, -0.2) is 0 Å². The molecular weight excluding hydrogens is 380 g/mol. The largest absolute Gasteiger partial charge is 0.452 e. The van der Waals surface area contributed by atoms with E-state index in [4.69, 9.17) is 4.74 Å². The van der Waals surface area contributed by atoms with Gasteiger partial charge in [0.1, 0.15) is 0 Å². The maximum atomic E-state index is 13.2. The fraction of sp³-hybridized carbons (Fsp3) is 0.565. The smallest absolute Gasteiger partial charge is 0.306 e. The summed E-state index contributed by atoms with van der Waals surface area (Å²) in [5.41, 5.74) is 2.25. The summed E-state index contributed by atoms with van der Waals surface area (Å²) >= 11 is 0. The molecule has 1 amide bonds. The predicted molar refractivity (Wildman–Crippen MR) is 116 cm³/mol. The number of ether oxygens (including phenoxy) is 1. The minimum atomic E-state index is -0.629. The van der Waals surface area contributed by atoms with Crippen molar-refractivity contribution in [3.63, 3.8) is 0 Å². The number of rotatable bonds is 7. The van der Waals surface area contributed by atoms with Crippen molar-refractivity contribution < 1.29 is 14.3 Å². The van der Waals surface area contributed by atoms with Gasteiger partial charge in [-0.3, -0.25) is 9.59 Å². The molecule has 0 spiro atoms. The first-order chi connectivity index (χ1) is 14.5. The third-order valence-electron chi connectivity index (χ3n) is 6.37. The molecule has 1 aromatic carbocycles. The molecule has 0 bridgehead atoms. The number of benzene rings is 1. The summed E-state index contributed by atoms with van der Waals surface area (Å²) in [5.74, 6) is -0.333. The number of esters is 1. The fourth-order valence-corrected chi connectivity index (χ4v) is 4.42. The molecule has 1 unspecified atom stereocenters. The zero-order valence-electron chi connectivity index (χ0n) is 18.0. The maximum absolute atomic E-state index is 13.2. The number of carbonyl (C=O) groups excluding carboxylic acids is 2. The first-order valence-corrected chi connectivity index (χ1v) is 10.9. The molecule has 7 nitrogen and oxygen atoms in total. The van der Waals surface area contributed by atoms with Gasteiger partial charge in [0.15, 0.2) is 6.10 Å². The van der Waals surface area contributed by atoms with Crippen LogP contribution in [0.25, 0.3) is 10.9 Å². The number of aryl methyl sites for hydroxylation is 1. The number of fused-ring (bicyclic) bond motifs is 1. The van der Waals surface area contributed by atoms with Gasteiger partial charge in [-0.05, 0) is 37.5 Å². The lowest BCUT2D eigenvalue weighted by Gasteiger charge is -2.33. The van der Waals surface area contributed by atoms with Gasteiger partial charge >= 0.3 is 5.97 Å². The van der Waals surface area contributed by atoms with E-state index in [1.54, 1.807) is 0 Å². The predicted octanol–water partition coefficient (Wildman–Crippen LogP) is 1.85. The van der Waals surface area contributed by atoms with Crippen LogP contribution in [-0.2, 0) is 27.9 Å². The second kappa shape index (κ2) is 9.18. The van der Waals surface area contributed by atoms with E-state index in [1.165, 1.54) is 5.39 Å². The zero-order chi connectivity index (χ0) is 21.1. The molecule has 3 heterocycles. The topological polar surface area (TPSA) is 58.0 Å². The molecule has 0 aliphatic carbocycles. The Morgan fingerprint density at radius 2 is 1.93 bits per heavy atom. The molecule has 30 heavy (non-hydrogen) atoms. The Bertz CT molecular complexity index is 901. The molecule has 0 saturated carbocycles. The third kappa shape index (κ3) is 4.68. The minimum Gasteiger partial charge on any atom is -0.452 e. The highest BCUT2D eigenvalue weighted by Gasteiger charge is 2.33. The molecule has 7 heteroatoms. The van der Waals surface area contributed by atoms with Crippen LogP contribution in [0.5, 0.6) is 0 Å². The van der Waals surface area contributed by atoms with E-state index in [0.29, 0.717) is 25.9 Å². The van der Waals surface area contributed by atoms with E-state index >= 15 is 0 Å². The number of carbonyl (C=O) groups is 2. The van der Waals surface area contributed by atoms with E-state index < -0.39 is 6.10 Å². The fourth-order valence-electron chi connectivity index (χ4n) is 4.42. The SMILES string of the molecule is CN1CCN(CCCN(Cc2cc3ccccc3n2C)C(=O)C2CCC(=O)O2)CC1. The van der Waals surface area contributed by atoms with Crippen LogP contribution < -0.4 is 0 Å². The summed E-state index contributed by atoms with van der Waals surface area (Å²) in [6, 6.07) is 10.4. The van der Waals surface area contributed by atoms with Gasteiger partial charge in [-0.15, -0.1) is 0 Å². The minimum absolute atomic E-state index is 0.0653. The van der Waals surface area contributed by atoms with Gasteiger partial charge in [0.25, 0.3) is 5.91 Å².